The summed E-state index contributed by atoms with van der Waals surface area (Å²) in [7, 11) is 0. The summed E-state index contributed by atoms with van der Waals surface area (Å²) in [5.74, 6) is 0. The van der Waals surface area contributed by atoms with Crippen molar-refractivity contribution in [3.63, 3.8) is 0 Å². The van der Waals surface area contributed by atoms with Gasteiger partial charge in [0, 0.05) is 0 Å². The quantitative estimate of drug-likeness (QED) is 0.128. The van der Waals surface area contributed by atoms with Crippen molar-refractivity contribution < 1.29 is 0 Å². The Morgan fingerprint density at radius 1 is 0.417 bits per heavy atom. The molecule has 3 aromatic carbocycles. The van der Waals surface area contributed by atoms with Gasteiger partial charge in [-0.15, -0.1) is 0 Å². The van der Waals surface area contributed by atoms with Gasteiger partial charge in [0.1, 0.15) is 0 Å². The van der Waals surface area contributed by atoms with Crippen LogP contribution in [0.1, 0.15) is 76.3 Å². The lowest BCUT2D eigenvalue weighted by Crippen LogP contribution is -1.97. The van der Waals surface area contributed by atoms with E-state index in [0.717, 1.165) is 0 Å². The molecule has 5 aromatic rings. The molecule has 0 fully saturated rings. The Hall–Kier alpha value is -2.42. The van der Waals surface area contributed by atoms with Crippen LogP contribution in [0.25, 0.3) is 21.5 Å². The Balaban J connectivity index is 0.000000297. The first kappa shape index (κ1) is 28.2. The number of thiophene rings is 2. The smallest absolute Gasteiger partial charge is 0.00934 e. The van der Waals surface area contributed by atoms with E-state index < -0.39 is 0 Å². The van der Waals surface area contributed by atoms with Gasteiger partial charge in [-0.05, 0) is 79.9 Å². The molecule has 0 radical (unpaired) electrons. The number of aryl methyl sites for hydroxylation is 2. The minimum Gasteiger partial charge on any atom is -0.152 e. The van der Waals surface area contributed by atoms with Crippen LogP contribution in [-0.4, -0.2) is 0 Å². The molecule has 0 bridgehead atoms. The Morgan fingerprint density at radius 3 is 1.00 bits per heavy atom. The average Bonchev–Trinajstić information content (AvgIpc) is 3.69. The van der Waals surface area contributed by atoms with Crippen LogP contribution in [0.15, 0.2) is 94.3 Å². The summed E-state index contributed by atoms with van der Waals surface area (Å²) in [5.41, 5.74) is 3.15. The predicted molar refractivity (Wildman–Crippen MR) is 166 cm³/mol. The minimum atomic E-state index is 1.21. The van der Waals surface area contributed by atoms with Gasteiger partial charge in [0.15, 0.2) is 0 Å². The minimum absolute atomic E-state index is 1.21. The van der Waals surface area contributed by atoms with Crippen molar-refractivity contribution in [1.82, 2.24) is 0 Å². The molecule has 190 valence electrons. The van der Waals surface area contributed by atoms with Crippen molar-refractivity contribution >= 4 is 44.2 Å². The van der Waals surface area contributed by atoms with Gasteiger partial charge in [-0.3, -0.25) is 0 Å². The lowest BCUT2D eigenvalue weighted by Gasteiger charge is -2.17. The molecule has 0 aliphatic heterocycles. The molecule has 0 amide bonds. The fraction of sp³-hybridized carbons (Fsp3) is 0.353. The van der Waals surface area contributed by atoms with Crippen LogP contribution in [0, 0.1) is 0 Å². The summed E-state index contributed by atoms with van der Waals surface area (Å²) in [6.45, 7) is 4.58. The van der Waals surface area contributed by atoms with E-state index in [1.165, 1.54) is 85.8 Å². The Labute approximate surface area is 227 Å². The lowest BCUT2D eigenvalue weighted by atomic mass is 9.87. The Morgan fingerprint density at radius 2 is 0.750 bits per heavy atom. The van der Waals surface area contributed by atoms with Gasteiger partial charge in [0.25, 0.3) is 0 Å². The number of hydrogen-bond donors (Lipinski definition) is 0. The Bertz CT molecular complexity index is 1020. The molecule has 0 saturated heterocycles. The maximum absolute atomic E-state index is 2.35. The molecule has 5 rings (SSSR count). The molecule has 0 saturated carbocycles. The Kier molecular flexibility index (Phi) is 13.4. The highest BCUT2D eigenvalue weighted by Crippen LogP contribution is 2.35. The third kappa shape index (κ3) is 8.91. The van der Waals surface area contributed by atoms with Crippen molar-refractivity contribution in [2.45, 2.75) is 78.1 Å². The summed E-state index contributed by atoms with van der Waals surface area (Å²) in [6, 6.07) is 26.4. The summed E-state index contributed by atoms with van der Waals surface area (Å²) < 4.78 is 0. The largest absolute Gasteiger partial charge is 0.152 e. The van der Waals surface area contributed by atoms with E-state index in [2.05, 4.69) is 62.4 Å². The van der Waals surface area contributed by atoms with Crippen molar-refractivity contribution in [1.29, 1.82) is 0 Å². The van der Waals surface area contributed by atoms with E-state index in [1.807, 2.05) is 45.8 Å². The van der Waals surface area contributed by atoms with Crippen LogP contribution >= 0.6 is 22.7 Å². The second-order valence-corrected chi connectivity index (χ2v) is 10.9. The number of unbranched alkanes of at least 4 members (excludes halogenated alkanes) is 6. The van der Waals surface area contributed by atoms with Crippen LogP contribution < -0.4 is 0 Å². The molecule has 0 spiro atoms. The molecule has 0 aliphatic carbocycles. The van der Waals surface area contributed by atoms with E-state index >= 15 is 0 Å². The van der Waals surface area contributed by atoms with Gasteiger partial charge < -0.3 is 0 Å². The predicted octanol–water partition coefficient (Wildman–Crippen LogP) is 11.7. The first-order valence-corrected chi connectivity index (χ1v) is 15.6. The topological polar surface area (TPSA) is 0 Å². The molecule has 0 aliphatic rings. The normalized spacial score (nSPS) is 10.5. The number of fused-ring (bicyclic) bond motifs is 2. The summed E-state index contributed by atoms with van der Waals surface area (Å²) in [4.78, 5) is 0. The van der Waals surface area contributed by atoms with Crippen LogP contribution in [0.4, 0.5) is 0 Å². The molecule has 2 heteroatoms. The van der Waals surface area contributed by atoms with Crippen LogP contribution in [0.3, 0.4) is 0 Å². The highest BCUT2D eigenvalue weighted by atomic mass is 32.1. The SMILES string of the molecule is CCCCCCc1c2ccccc2c(CCCCCC)c2ccccc12.c1ccsc1.c1ccsc1. The molecule has 2 heterocycles. The fourth-order valence-corrected chi connectivity index (χ4v) is 5.67. The zero-order valence-corrected chi connectivity index (χ0v) is 23.8. The maximum Gasteiger partial charge on any atom is -0.00934 e. The molecule has 36 heavy (non-hydrogen) atoms. The molecule has 0 atom stereocenters. The standard InChI is InChI=1S/C26H34.2C4H4S/c1-3-5-7-9-15-21-23-17-11-13-19-25(23)22(16-10-8-6-4-2)26-20-14-12-18-24(21)26;2*1-2-4-5-3-1/h11-14,17-20H,3-10,15-16H2,1-2H3;2*1-4H. The molecule has 0 N–H and O–H groups in total. The monoisotopic (exact) mass is 514 g/mol. The number of benzene rings is 3. The van der Waals surface area contributed by atoms with Gasteiger partial charge in [-0.1, -0.05) is 125 Å². The molecule has 2 aromatic heterocycles. The third-order valence-corrected chi connectivity index (χ3v) is 7.82. The van der Waals surface area contributed by atoms with Crippen LogP contribution in [-0.2, 0) is 12.8 Å². The van der Waals surface area contributed by atoms with Gasteiger partial charge in [0.2, 0.25) is 0 Å². The van der Waals surface area contributed by atoms with Crippen molar-refractivity contribution in [2.75, 3.05) is 0 Å². The first-order valence-electron chi connectivity index (χ1n) is 13.7. The van der Waals surface area contributed by atoms with Gasteiger partial charge in [-0.2, -0.15) is 22.7 Å². The van der Waals surface area contributed by atoms with Crippen molar-refractivity contribution in [3.8, 4) is 0 Å². The van der Waals surface area contributed by atoms with E-state index in [1.54, 1.807) is 33.8 Å². The van der Waals surface area contributed by atoms with Gasteiger partial charge >= 0.3 is 0 Å². The summed E-state index contributed by atoms with van der Waals surface area (Å²) in [6.07, 6.45) is 13.0. The molecule has 0 nitrogen and oxygen atoms in total. The van der Waals surface area contributed by atoms with Crippen LogP contribution in [0.5, 0.6) is 0 Å². The summed E-state index contributed by atoms with van der Waals surface area (Å²) in [5, 5.41) is 14.1. The highest BCUT2D eigenvalue weighted by Gasteiger charge is 2.13. The van der Waals surface area contributed by atoms with Gasteiger partial charge in [-0.25, -0.2) is 0 Å². The fourth-order valence-electron chi connectivity index (χ4n) is 4.76. The maximum atomic E-state index is 2.35. The highest BCUT2D eigenvalue weighted by molar-refractivity contribution is 7.08. The zero-order valence-electron chi connectivity index (χ0n) is 22.1. The van der Waals surface area contributed by atoms with Crippen LogP contribution in [0.2, 0.25) is 0 Å². The van der Waals surface area contributed by atoms with E-state index in [-0.39, 0.29) is 0 Å². The van der Waals surface area contributed by atoms with Crippen molar-refractivity contribution in [2.24, 2.45) is 0 Å². The number of rotatable bonds is 10. The molecule has 0 unspecified atom stereocenters. The lowest BCUT2D eigenvalue weighted by molar-refractivity contribution is 0.668. The molecular formula is C34H42S2. The van der Waals surface area contributed by atoms with E-state index in [0.29, 0.717) is 0 Å². The number of hydrogen-bond acceptors (Lipinski definition) is 2. The average molecular weight is 515 g/mol. The van der Waals surface area contributed by atoms with E-state index in [4.69, 9.17) is 0 Å². The first-order chi connectivity index (χ1) is 17.9. The molecular weight excluding hydrogens is 473 g/mol. The van der Waals surface area contributed by atoms with Gasteiger partial charge in [0.05, 0.1) is 0 Å². The zero-order chi connectivity index (χ0) is 25.3. The second kappa shape index (κ2) is 17.1. The summed E-state index contributed by atoms with van der Waals surface area (Å²) >= 11 is 3.43. The van der Waals surface area contributed by atoms with E-state index in [9.17, 15) is 0 Å². The van der Waals surface area contributed by atoms with Crippen molar-refractivity contribution in [3.05, 3.63) is 105 Å². The second-order valence-electron chi connectivity index (χ2n) is 9.26. The third-order valence-electron chi connectivity index (χ3n) is 6.57.